The Morgan fingerprint density at radius 1 is 1.44 bits per heavy atom. The first-order valence-electron chi connectivity index (χ1n) is 5.72. The van der Waals surface area contributed by atoms with Crippen LogP contribution in [0.4, 0.5) is 0 Å². The molecule has 0 saturated carbocycles. The summed E-state index contributed by atoms with van der Waals surface area (Å²) in [5.74, 6) is 1.34. The first-order chi connectivity index (χ1) is 8.48. The van der Waals surface area contributed by atoms with Crippen LogP contribution < -0.4 is 5.48 Å². The van der Waals surface area contributed by atoms with Gasteiger partial charge in [-0.2, -0.15) is 0 Å². The SMILES string of the molecule is CC(C)(C)C(=O)c1cccc(C2=NCSON2)c1. The van der Waals surface area contributed by atoms with Gasteiger partial charge < -0.3 is 0 Å². The van der Waals surface area contributed by atoms with Crippen molar-refractivity contribution in [3.8, 4) is 0 Å². The van der Waals surface area contributed by atoms with Crippen molar-refractivity contribution in [1.82, 2.24) is 5.48 Å². The Morgan fingerprint density at radius 3 is 2.83 bits per heavy atom. The molecular formula is C13H16N2O2S. The standard InChI is InChI=1S/C13H16N2O2S/c1-13(2,3)11(16)9-5-4-6-10(7-9)12-14-8-18-17-15-12/h4-7H,8H2,1-3H3,(H,14,15). The fourth-order valence-corrected chi connectivity index (χ4v) is 1.98. The molecule has 0 atom stereocenters. The lowest BCUT2D eigenvalue weighted by Crippen LogP contribution is -2.26. The summed E-state index contributed by atoms with van der Waals surface area (Å²) >= 11 is 1.24. The van der Waals surface area contributed by atoms with Crippen LogP contribution in [-0.4, -0.2) is 17.5 Å². The molecule has 1 N–H and O–H groups in total. The van der Waals surface area contributed by atoms with E-state index in [1.807, 2.05) is 45.0 Å². The van der Waals surface area contributed by atoms with Gasteiger partial charge in [0, 0.05) is 28.6 Å². The minimum atomic E-state index is -0.382. The van der Waals surface area contributed by atoms with Crippen molar-refractivity contribution in [3.63, 3.8) is 0 Å². The first kappa shape index (κ1) is 13.1. The van der Waals surface area contributed by atoms with Crippen LogP contribution in [0.25, 0.3) is 0 Å². The van der Waals surface area contributed by atoms with E-state index < -0.39 is 0 Å². The van der Waals surface area contributed by atoms with E-state index in [4.69, 9.17) is 4.28 Å². The van der Waals surface area contributed by atoms with E-state index in [1.165, 1.54) is 12.0 Å². The number of benzene rings is 1. The summed E-state index contributed by atoms with van der Waals surface area (Å²) in [6.07, 6.45) is 0. The highest BCUT2D eigenvalue weighted by molar-refractivity contribution is 7.94. The van der Waals surface area contributed by atoms with Crippen molar-refractivity contribution in [2.75, 3.05) is 5.88 Å². The molecule has 0 saturated heterocycles. The van der Waals surface area contributed by atoms with Crippen LogP contribution in [0.15, 0.2) is 29.3 Å². The third kappa shape index (κ3) is 2.91. The molecule has 1 aliphatic rings. The Hall–Kier alpha value is -1.33. The molecule has 0 unspecified atom stereocenters. The fraction of sp³-hybridized carbons (Fsp3) is 0.385. The lowest BCUT2D eigenvalue weighted by Gasteiger charge is -2.18. The molecule has 0 amide bonds. The average molecular weight is 264 g/mol. The number of rotatable bonds is 2. The van der Waals surface area contributed by atoms with Crippen molar-refractivity contribution < 1.29 is 9.08 Å². The van der Waals surface area contributed by atoms with E-state index >= 15 is 0 Å². The van der Waals surface area contributed by atoms with Crippen molar-refractivity contribution in [1.29, 1.82) is 0 Å². The van der Waals surface area contributed by atoms with Gasteiger partial charge in [0.2, 0.25) is 0 Å². The Bertz CT molecular complexity index is 492. The molecule has 2 rings (SSSR count). The second-order valence-corrected chi connectivity index (χ2v) is 5.76. The zero-order valence-electron chi connectivity index (χ0n) is 10.7. The molecule has 0 bridgehead atoms. The van der Waals surface area contributed by atoms with Gasteiger partial charge in [-0.1, -0.05) is 39.0 Å². The topological polar surface area (TPSA) is 50.7 Å². The highest BCUT2D eigenvalue weighted by Gasteiger charge is 2.23. The number of ketones is 1. The molecule has 1 aromatic rings. The predicted octanol–water partition coefficient (Wildman–Crippen LogP) is 2.80. The molecule has 0 spiro atoms. The molecule has 96 valence electrons. The third-order valence-electron chi connectivity index (χ3n) is 2.55. The molecule has 5 heteroatoms. The number of aliphatic imine (C=N–C) groups is 1. The number of hydrogen-bond acceptors (Lipinski definition) is 5. The molecule has 18 heavy (non-hydrogen) atoms. The smallest absolute Gasteiger partial charge is 0.168 e. The van der Waals surface area contributed by atoms with Crippen molar-refractivity contribution in [3.05, 3.63) is 35.4 Å². The molecule has 0 fully saturated rings. The number of carbonyl (C=O) groups is 1. The Labute approximate surface area is 111 Å². The number of hydroxylamine groups is 1. The van der Waals surface area contributed by atoms with Crippen LogP contribution in [0, 0.1) is 5.41 Å². The zero-order valence-corrected chi connectivity index (χ0v) is 11.5. The highest BCUT2D eigenvalue weighted by atomic mass is 32.2. The maximum atomic E-state index is 12.2. The van der Waals surface area contributed by atoms with Crippen molar-refractivity contribution in [2.45, 2.75) is 20.8 Å². The summed E-state index contributed by atoms with van der Waals surface area (Å²) in [6.45, 7) is 5.74. The van der Waals surface area contributed by atoms with Crippen LogP contribution in [0.3, 0.4) is 0 Å². The first-order valence-corrected chi connectivity index (χ1v) is 6.64. The molecule has 1 aliphatic heterocycles. The predicted molar refractivity (Wildman–Crippen MR) is 73.4 cm³/mol. The van der Waals surface area contributed by atoms with Crippen LogP contribution >= 0.6 is 12.0 Å². The van der Waals surface area contributed by atoms with E-state index in [1.54, 1.807) is 0 Å². The Kier molecular flexibility index (Phi) is 3.73. The number of nitrogens with zero attached hydrogens (tertiary/aromatic N) is 1. The summed E-state index contributed by atoms with van der Waals surface area (Å²) < 4.78 is 5.06. The summed E-state index contributed by atoms with van der Waals surface area (Å²) in [7, 11) is 0. The van der Waals surface area contributed by atoms with Gasteiger partial charge in [0.05, 0.1) is 0 Å². The largest absolute Gasteiger partial charge is 0.294 e. The lowest BCUT2D eigenvalue weighted by molar-refractivity contribution is 0.0858. The van der Waals surface area contributed by atoms with Gasteiger partial charge in [0.15, 0.2) is 11.6 Å². The van der Waals surface area contributed by atoms with Gasteiger partial charge in [-0.15, -0.1) is 0 Å². The number of amidine groups is 1. The highest BCUT2D eigenvalue weighted by Crippen LogP contribution is 2.21. The monoisotopic (exact) mass is 264 g/mol. The van der Waals surface area contributed by atoms with Gasteiger partial charge in [-0.05, 0) is 6.07 Å². The summed E-state index contributed by atoms with van der Waals surface area (Å²) in [6, 6.07) is 7.44. The second kappa shape index (κ2) is 5.12. The van der Waals surface area contributed by atoms with Gasteiger partial charge in [-0.25, -0.2) is 9.76 Å². The van der Waals surface area contributed by atoms with Crippen LogP contribution in [0.5, 0.6) is 0 Å². The van der Waals surface area contributed by atoms with Crippen molar-refractivity contribution in [2.24, 2.45) is 10.4 Å². The van der Waals surface area contributed by atoms with E-state index in [2.05, 4.69) is 10.5 Å². The Balaban J connectivity index is 2.30. The third-order valence-corrected chi connectivity index (χ3v) is 2.99. The van der Waals surface area contributed by atoms with Crippen LogP contribution in [0.1, 0.15) is 36.7 Å². The summed E-state index contributed by atoms with van der Waals surface area (Å²) in [5, 5.41) is 0. The number of Topliss-reactive ketones (excluding diaryl/α,β-unsaturated/α-hetero) is 1. The van der Waals surface area contributed by atoms with E-state index in [0.717, 1.165) is 5.56 Å². The Morgan fingerprint density at radius 2 is 2.22 bits per heavy atom. The lowest BCUT2D eigenvalue weighted by atomic mass is 9.86. The van der Waals surface area contributed by atoms with Gasteiger partial charge in [0.1, 0.15) is 5.88 Å². The molecule has 0 radical (unpaired) electrons. The molecule has 0 aromatic heterocycles. The maximum Gasteiger partial charge on any atom is 0.168 e. The molecule has 4 nitrogen and oxygen atoms in total. The van der Waals surface area contributed by atoms with E-state index in [9.17, 15) is 4.79 Å². The second-order valence-electron chi connectivity index (χ2n) is 5.10. The quantitative estimate of drug-likeness (QED) is 0.659. The van der Waals surface area contributed by atoms with Gasteiger partial charge >= 0.3 is 0 Å². The number of hydrogen-bond donors (Lipinski definition) is 1. The van der Waals surface area contributed by atoms with Crippen LogP contribution in [0.2, 0.25) is 0 Å². The molecular weight excluding hydrogens is 248 g/mol. The molecule has 1 aromatic carbocycles. The number of carbonyl (C=O) groups excluding carboxylic acids is 1. The average Bonchev–Trinajstić information content (AvgIpc) is 2.38. The van der Waals surface area contributed by atoms with E-state index in [-0.39, 0.29) is 11.2 Å². The summed E-state index contributed by atoms with van der Waals surface area (Å²) in [4.78, 5) is 16.5. The van der Waals surface area contributed by atoms with Crippen LogP contribution in [-0.2, 0) is 4.28 Å². The van der Waals surface area contributed by atoms with Gasteiger partial charge in [0.25, 0.3) is 0 Å². The fourth-order valence-electron chi connectivity index (χ4n) is 1.61. The van der Waals surface area contributed by atoms with Crippen molar-refractivity contribution >= 4 is 23.7 Å². The van der Waals surface area contributed by atoms with Gasteiger partial charge in [-0.3, -0.25) is 9.79 Å². The molecule has 0 aliphatic carbocycles. The minimum absolute atomic E-state index is 0.121. The normalized spacial score (nSPS) is 15.8. The number of nitrogens with one attached hydrogen (secondary N) is 1. The maximum absolute atomic E-state index is 12.2. The summed E-state index contributed by atoms with van der Waals surface area (Å²) in [5.41, 5.74) is 3.92. The zero-order chi connectivity index (χ0) is 13.2. The van der Waals surface area contributed by atoms with E-state index in [0.29, 0.717) is 17.3 Å². The molecule has 1 heterocycles. The minimum Gasteiger partial charge on any atom is -0.294 e.